The van der Waals surface area contributed by atoms with Gasteiger partial charge in [-0.3, -0.25) is 14.8 Å². The molecule has 3 aromatic carbocycles. The fourth-order valence-electron chi connectivity index (χ4n) is 3.80. The number of fused-ring (bicyclic) bond motifs is 1. The number of amides is 1. The first-order valence-corrected chi connectivity index (χ1v) is 11.2. The van der Waals surface area contributed by atoms with Crippen LogP contribution in [0, 0.1) is 0 Å². The van der Waals surface area contributed by atoms with Crippen LogP contribution in [0.5, 0.6) is 0 Å². The van der Waals surface area contributed by atoms with Crippen LogP contribution in [0.15, 0.2) is 81.7 Å². The van der Waals surface area contributed by atoms with Crippen LogP contribution in [0.4, 0.5) is 5.69 Å². The molecule has 0 aliphatic carbocycles. The zero-order valence-corrected chi connectivity index (χ0v) is 19.4. The number of rotatable bonds is 3. The number of halogens is 3. The molecule has 30 heavy (non-hydrogen) atoms. The molecular formula is C23H14Br2ClN3O. The van der Waals surface area contributed by atoms with Crippen molar-refractivity contribution in [3.63, 3.8) is 0 Å². The zero-order valence-electron chi connectivity index (χ0n) is 15.4. The number of H-pyrrole nitrogens is 1. The predicted molar refractivity (Wildman–Crippen MR) is 126 cm³/mol. The van der Waals surface area contributed by atoms with Crippen LogP contribution in [0.2, 0.25) is 5.02 Å². The molecule has 4 aromatic rings. The number of hydrogen-bond donors (Lipinski definition) is 1. The maximum absolute atomic E-state index is 13.4. The van der Waals surface area contributed by atoms with E-state index in [-0.39, 0.29) is 11.9 Å². The van der Waals surface area contributed by atoms with Gasteiger partial charge in [0, 0.05) is 30.8 Å². The Morgan fingerprint density at radius 2 is 1.47 bits per heavy atom. The number of carbonyl (C=O) groups is 1. The van der Waals surface area contributed by atoms with E-state index >= 15 is 0 Å². The maximum Gasteiger partial charge on any atom is 0.277 e. The average Bonchev–Trinajstić information content (AvgIpc) is 3.29. The number of aromatic nitrogens is 2. The minimum atomic E-state index is -0.306. The van der Waals surface area contributed by atoms with Gasteiger partial charge in [0.05, 0.1) is 11.7 Å². The molecule has 1 aromatic heterocycles. The van der Waals surface area contributed by atoms with E-state index in [0.717, 1.165) is 37.0 Å². The topological polar surface area (TPSA) is 49.0 Å². The fourth-order valence-corrected chi connectivity index (χ4v) is 4.46. The minimum Gasteiger partial charge on any atom is -0.295 e. The lowest BCUT2D eigenvalue weighted by Crippen LogP contribution is -2.29. The third-order valence-electron chi connectivity index (χ3n) is 5.18. The third-order valence-corrected chi connectivity index (χ3v) is 6.49. The van der Waals surface area contributed by atoms with Gasteiger partial charge >= 0.3 is 0 Å². The Kier molecular flexibility index (Phi) is 5.01. The zero-order chi connectivity index (χ0) is 20.8. The second-order valence-electron chi connectivity index (χ2n) is 6.97. The summed E-state index contributed by atoms with van der Waals surface area (Å²) in [6.07, 6.45) is 0. The first-order valence-electron chi connectivity index (χ1n) is 9.22. The Labute approximate surface area is 195 Å². The van der Waals surface area contributed by atoms with Gasteiger partial charge in [0.2, 0.25) is 0 Å². The van der Waals surface area contributed by atoms with Crippen LogP contribution in [0.25, 0.3) is 11.3 Å². The summed E-state index contributed by atoms with van der Waals surface area (Å²) < 4.78 is 1.97. The molecule has 148 valence electrons. The molecule has 0 fully saturated rings. The molecule has 0 radical (unpaired) electrons. The van der Waals surface area contributed by atoms with Crippen LogP contribution in [-0.4, -0.2) is 16.1 Å². The summed E-state index contributed by atoms with van der Waals surface area (Å²) in [6, 6.07) is 23.0. The standard InChI is InChI=1S/C23H14Br2ClN3O/c24-15-5-1-13(2-6-15)20-19-21(28-27-20)23(30)29(18-11-9-17(26)10-12-18)22(19)14-3-7-16(25)8-4-14/h1-12,22H,(H,27,28). The number of carbonyl (C=O) groups excluding carboxylic acids is 1. The molecule has 7 heteroatoms. The van der Waals surface area contributed by atoms with Crippen LogP contribution >= 0.6 is 43.5 Å². The molecule has 0 saturated heterocycles. The summed E-state index contributed by atoms with van der Waals surface area (Å²) in [4.78, 5) is 15.2. The number of aromatic amines is 1. The number of anilines is 1. The van der Waals surface area contributed by atoms with Crippen molar-refractivity contribution in [2.45, 2.75) is 6.04 Å². The van der Waals surface area contributed by atoms with E-state index < -0.39 is 0 Å². The third kappa shape index (κ3) is 3.29. The lowest BCUT2D eigenvalue weighted by molar-refractivity contribution is 0.0989. The summed E-state index contributed by atoms with van der Waals surface area (Å²) in [5, 5.41) is 8.11. The van der Waals surface area contributed by atoms with E-state index in [9.17, 15) is 4.79 Å². The summed E-state index contributed by atoms with van der Waals surface area (Å²) in [7, 11) is 0. The Morgan fingerprint density at radius 1 is 0.867 bits per heavy atom. The largest absolute Gasteiger partial charge is 0.295 e. The fraction of sp³-hybridized carbons (Fsp3) is 0.0435. The number of benzene rings is 3. The molecule has 0 spiro atoms. The summed E-state index contributed by atoms with van der Waals surface area (Å²) in [5.41, 5.74) is 4.89. The highest BCUT2D eigenvalue weighted by atomic mass is 79.9. The molecule has 4 nitrogen and oxygen atoms in total. The minimum absolute atomic E-state index is 0.115. The summed E-state index contributed by atoms with van der Waals surface area (Å²) >= 11 is 13.1. The van der Waals surface area contributed by atoms with E-state index in [1.807, 2.05) is 60.7 Å². The van der Waals surface area contributed by atoms with Gasteiger partial charge in [-0.1, -0.05) is 67.7 Å². The molecule has 1 aliphatic heterocycles. The van der Waals surface area contributed by atoms with Crippen molar-refractivity contribution in [1.29, 1.82) is 0 Å². The Hall–Kier alpha value is -2.41. The normalized spacial score (nSPS) is 15.5. The lowest BCUT2D eigenvalue weighted by atomic mass is 9.96. The van der Waals surface area contributed by atoms with Gasteiger partial charge in [-0.15, -0.1) is 0 Å². The Bertz CT molecular complexity index is 1240. The monoisotopic (exact) mass is 541 g/mol. The van der Waals surface area contributed by atoms with Gasteiger partial charge in [0.15, 0.2) is 0 Å². The summed E-state index contributed by atoms with van der Waals surface area (Å²) in [5.74, 6) is -0.115. The first-order chi connectivity index (χ1) is 14.5. The first kappa shape index (κ1) is 19.5. The van der Waals surface area contributed by atoms with Crippen LogP contribution in [0.1, 0.15) is 27.7 Å². The van der Waals surface area contributed by atoms with Crippen LogP contribution in [0.3, 0.4) is 0 Å². The van der Waals surface area contributed by atoms with Crippen molar-refractivity contribution >= 4 is 55.1 Å². The van der Waals surface area contributed by atoms with Crippen molar-refractivity contribution in [2.24, 2.45) is 0 Å². The number of nitrogens with zero attached hydrogens (tertiary/aromatic N) is 2. The predicted octanol–water partition coefficient (Wildman–Crippen LogP) is 7.00. The van der Waals surface area contributed by atoms with E-state index in [0.29, 0.717) is 10.7 Å². The molecule has 2 heterocycles. The molecular weight excluding hydrogens is 530 g/mol. The Balaban J connectivity index is 1.71. The van der Waals surface area contributed by atoms with E-state index in [2.05, 4.69) is 42.1 Å². The molecule has 0 saturated carbocycles. The van der Waals surface area contributed by atoms with Gasteiger partial charge in [0.25, 0.3) is 5.91 Å². The quantitative estimate of drug-likeness (QED) is 0.302. The highest BCUT2D eigenvalue weighted by molar-refractivity contribution is 9.10. The average molecular weight is 544 g/mol. The van der Waals surface area contributed by atoms with Crippen molar-refractivity contribution < 1.29 is 4.79 Å². The highest BCUT2D eigenvalue weighted by Gasteiger charge is 2.43. The molecule has 1 N–H and O–H groups in total. The van der Waals surface area contributed by atoms with Gasteiger partial charge < -0.3 is 0 Å². The molecule has 5 rings (SSSR count). The van der Waals surface area contributed by atoms with Crippen molar-refractivity contribution in [3.8, 4) is 11.3 Å². The second kappa shape index (κ2) is 7.69. The second-order valence-corrected chi connectivity index (χ2v) is 9.24. The van der Waals surface area contributed by atoms with Gasteiger partial charge in [-0.2, -0.15) is 5.10 Å². The SMILES string of the molecule is O=C1c2[nH]nc(-c3ccc(Br)cc3)c2C(c2ccc(Br)cc2)N1c1ccc(Cl)cc1. The van der Waals surface area contributed by atoms with E-state index in [4.69, 9.17) is 11.6 Å². The Morgan fingerprint density at radius 3 is 2.10 bits per heavy atom. The van der Waals surface area contributed by atoms with Gasteiger partial charge in [-0.05, 0) is 54.1 Å². The summed E-state index contributed by atoms with van der Waals surface area (Å²) in [6.45, 7) is 0. The number of nitrogens with one attached hydrogen (secondary N) is 1. The smallest absolute Gasteiger partial charge is 0.277 e. The van der Waals surface area contributed by atoms with Crippen molar-refractivity contribution in [3.05, 3.63) is 104 Å². The molecule has 0 bridgehead atoms. The molecule has 1 aliphatic rings. The van der Waals surface area contributed by atoms with Crippen LogP contribution < -0.4 is 4.90 Å². The molecule has 1 unspecified atom stereocenters. The van der Waals surface area contributed by atoms with Gasteiger partial charge in [0.1, 0.15) is 5.69 Å². The number of hydrogen-bond acceptors (Lipinski definition) is 2. The lowest BCUT2D eigenvalue weighted by Gasteiger charge is -2.26. The highest BCUT2D eigenvalue weighted by Crippen LogP contribution is 2.45. The van der Waals surface area contributed by atoms with Gasteiger partial charge in [-0.25, -0.2) is 0 Å². The molecule has 1 atom stereocenters. The maximum atomic E-state index is 13.4. The van der Waals surface area contributed by atoms with Crippen LogP contribution in [-0.2, 0) is 0 Å². The molecule has 1 amide bonds. The van der Waals surface area contributed by atoms with E-state index in [1.54, 1.807) is 17.0 Å². The van der Waals surface area contributed by atoms with E-state index in [1.165, 1.54) is 0 Å². The van der Waals surface area contributed by atoms with Crippen molar-refractivity contribution in [2.75, 3.05) is 4.90 Å². The van der Waals surface area contributed by atoms with Crippen molar-refractivity contribution in [1.82, 2.24) is 10.2 Å².